The Bertz CT molecular complexity index is 525. The van der Waals surface area contributed by atoms with Gasteiger partial charge in [0.25, 0.3) is 0 Å². The van der Waals surface area contributed by atoms with Crippen molar-refractivity contribution >= 4 is 6.09 Å². The zero-order valence-electron chi connectivity index (χ0n) is 12.9. The molecule has 0 spiro atoms. The van der Waals surface area contributed by atoms with E-state index < -0.39 is 11.7 Å². The number of amides is 1. The Morgan fingerprint density at radius 2 is 2.24 bits per heavy atom. The summed E-state index contributed by atoms with van der Waals surface area (Å²) < 4.78 is 11.3. The molecule has 6 nitrogen and oxygen atoms in total. The molecule has 1 atom stereocenters. The highest BCUT2D eigenvalue weighted by Crippen LogP contribution is 2.27. The molecule has 1 N–H and O–H groups in total. The largest absolute Gasteiger partial charge is 0.493 e. The van der Waals surface area contributed by atoms with Crippen LogP contribution in [0.15, 0.2) is 12.1 Å². The Labute approximate surface area is 124 Å². The SMILES string of the molecule is CC[C@H]1CN(C(=O)OC(C)(C)C)Cc2nc(O)ccc2O1. The van der Waals surface area contributed by atoms with Gasteiger partial charge in [0, 0.05) is 6.07 Å². The number of aromatic hydroxyl groups is 1. The molecular weight excluding hydrogens is 272 g/mol. The lowest BCUT2D eigenvalue weighted by Gasteiger charge is -2.27. The fourth-order valence-electron chi connectivity index (χ4n) is 2.08. The van der Waals surface area contributed by atoms with Gasteiger partial charge in [0.2, 0.25) is 5.88 Å². The van der Waals surface area contributed by atoms with E-state index in [1.807, 2.05) is 27.7 Å². The highest BCUT2D eigenvalue weighted by molar-refractivity contribution is 5.68. The molecule has 21 heavy (non-hydrogen) atoms. The molecular formula is C15H22N2O4. The molecule has 1 aromatic heterocycles. The molecule has 0 saturated carbocycles. The standard InChI is InChI=1S/C15H22N2O4/c1-5-10-8-17(14(19)21-15(2,3)4)9-11-12(20-10)6-7-13(18)16-11/h6-7,10H,5,8-9H2,1-4H3,(H,16,18)/t10-/m0/s1. The number of pyridine rings is 1. The summed E-state index contributed by atoms with van der Waals surface area (Å²) in [6, 6.07) is 3.16. The minimum absolute atomic E-state index is 0.0866. The number of hydrogen-bond acceptors (Lipinski definition) is 5. The van der Waals surface area contributed by atoms with Crippen molar-refractivity contribution in [2.24, 2.45) is 0 Å². The van der Waals surface area contributed by atoms with Gasteiger partial charge in [0.15, 0.2) is 0 Å². The molecule has 0 radical (unpaired) electrons. The molecule has 6 heteroatoms. The number of rotatable bonds is 1. The predicted molar refractivity (Wildman–Crippen MR) is 77.3 cm³/mol. The Kier molecular flexibility index (Phi) is 4.25. The summed E-state index contributed by atoms with van der Waals surface area (Å²) in [5.74, 6) is 0.516. The van der Waals surface area contributed by atoms with Crippen molar-refractivity contribution in [3.8, 4) is 11.6 Å². The third-order valence-corrected chi connectivity index (χ3v) is 3.08. The van der Waals surface area contributed by atoms with E-state index in [1.54, 1.807) is 11.0 Å². The number of fused-ring (bicyclic) bond motifs is 1. The van der Waals surface area contributed by atoms with Crippen molar-refractivity contribution in [3.05, 3.63) is 17.8 Å². The van der Waals surface area contributed by atoms with E-state index in [-0.39, 0.29) is 18.5 Å². The molecule has 2 rings (SSSR count). The van der Waals surface area contributed by atoms with E-state index in [0.717, 1.165) is 6.42 Å². The minimum Gasteiger partial charge on any atom is -0.493 e. The Morgan fingerprint density at radius 1 is 1.52 bits per heavy atom. The summed E-state index contributed by atoms with van der Waals surface area (Å²) in [5.41, 5.74) is -0.0158. The van der Waals surface area contributed by atoms with Crippen LogP contribution in [0.1, 0.15) is 39.8 Å². The molecule has 0 bridgehead atoms. The maximum atomic E-state index is 12.3. The molecule has 116 valence electrons. The van der Waals surface area contributed by atoms with Crippen LogP contribution < -0.4 is 4.74 Å². The normalized spacial score (nSPS) is 18.5. The smallest absolute Gasteiger partial charge is 0.410 e. The molecule has 0 unspecified atom stereocenters. The van der Waals surface area contributed by atoms with Gasteiger partial charge in [0.1, 0.15) is 23.1 Å². The summed E-state index contributed by atoms with van der Waals surface area (Å²) in [6.07, 6.45) is 0.243. The van der Waals surface area contributed by atoms with E-state index in [1.165, 1.54) is 6.07 Å². The van der Waals surface area contributed by atoms with Crippen LogP contribution in [0.4, 0.5) is 4.79 Å². The van der Waals surface area contributed by atoms with Crippen LogP contribution in [0, 0.1) is 0 Å². The van der Waals surface area contributed by atoms with Gasteiger partial charge in [0.05, 0.1) is 13.1 Å². The minimum atomic E-state index is -0.555. The highest BCUT2D eigenvalue weighted by atomic mass is 16.6. The van der Waals surface area contributed by atoms with Gasteiger partial charge in [-0.05, 0) is 33.3 Å². The van der Waals surface area contributed by atoms with Crippen LogP contribution in [0.3, 0.4) is 0 Å². The van der Waals surface area contributed by atoms with Gasteiger partial charge in [-0.1, -0.05) is 6.92 Å². The Hall–Kier alpha value is -1.98. The van der Waals surface area contributed by atoms with E-state index in [9.17, 15) is 9.90 Å². The molecule has 1 amide bonds. The van der Waals surface area contributed by atoms with Gasteiger partial charge in [-0.3, -0.25) is 4.90 Å². The molecule has 1 aliphatic rings. The van der Waals surface area contributed by atoms with E-state index in [0.29, 0.717) is 18.0 Å². The van der Waals surface area contributed by atoms with Gasteiger partial charge in [-0.15, -0.1) is 0 Å². The molecule has 2 heterocycles. The first kappa shape index (κ1) is 15.4. The lowest BCUT2D eigenvalue weighted by molar-refractivity contribution is 0.0176. The maximum Gasteiger partial charge on any atom is 0.410 e. The summed E-state index contributed by atoms with van der Waals surface area (Å²) >= 11 is 0. The Morgan fingerprint density at radius 3 is 2.86 bits per heavy atom. The van der Waals surface area contributed by atoms with Crippen molar-refractivity contribution in [1.82, 2.24) is 9.88 Å². The van der Waals surface area contributed by atoms with Gasteiger partial charge in [-0.2, -0.15) is 0 Å². The number of carbonyl (C=O) groups excluding carboxylic acids is 1. The van der Waals surface area contributed by atoms with E-state index in [4.69, 9.17) is 9.47 Å². The van der Waals surface area contributed by atoms with Crippen LogP contribution in [-0.4, -0.2) is 39.3 Å². The number of nitrogens with zero attached hydrogens (tertiary/aromatic N) is 2. The van der Waals surface area contributed by atoms with Crippen LogP contribution in [0.25, 0.3) is 0 Å². The van der Waals surface area contributed by atoms with Crippen molar-refractivity contribution in [3.63, 3.8) is 0 Å². The summed E-state index contributed by atoms with van der Waals surface area (Å²) in [4.78, 5) is 17.9. The zero-order valence-corrected chi connectivity index (χ0v) is 12.9. The first-order chi connectivity index (χ1) is 9.78. The fourth-order valence-corrected chi connectivity index (χ4v) is 2.08. The average Bonchev–Trinajstić information content (AvgIpc) is 2.55. The van der Waals surface area contributed by atoms with Crippen molar-refractivity contribution in [2.45, 2.75) is 52.4 Å². The molecule has 0 aromatic carbocycles. The predicted octanol–water partition coefficient (Wildman–Crippen LogP) is 2.70. The third kappa shape index (κ3) is 4.00. The first-order valence-corrected chi connectivity index (χ1v) is 7.12. The van der Waals surface area contributed by atoms with E-state index >= 15 is 0 Å². The zero-order chi connectivity index (χ0) is 15.6. The highest BCUT2D eigenvalue weighted by Gasteiger charge is 2.29. The molecule has 0 fully saturated rings. The number of hydrogen-bond donors (Lipinski definition) is 1. The lowest BCUT2D eigenvalue weighted by Crippen LogP contribution is -2.40. The van der Waals surface area contributed by atoms with Crippen molar-refractivity contribution in [2.75, 3.05) is 6.54 Å². The molecule has 1 aromatic rings. The second-order valence-corrected chi connectivity index (χ2v) is 6.12. The topological polar surface area (TPSA) is 71.9 Å². The van der Waals surface area contributed by atoms with Gasteiger partial charge >= 0.3 is 6.09 Å². The quantitative estimate of drug-likeness (QED) is 0.862. The van der Waals surface area contributed by atoms with E-state index in [2.05, 4.69) is 4.98 Å². The number of ether oxygens (including phenoxy) is 2. The second-order valence-electron chi connectivity index (χ2n) is 6.12. The van der Waals surface area contributed by atoms with Crippen molar-refractivity contribution in [1.29, 1.82) is 0 Å². The summed E-state index contributed by atoms with van der Waals surface area (Å²) in [5, 5.41) is 9.51. The van der Waals surface area contributed by atoms with Crippen LogP contribution in [-0.2, 0) is 11.3 Å². The molecule has 0 aliphatic carbocycles. The number of carbonyl (C=O) groups is 1. The van der Waals surface area contributed by atoms with Gasteiger partial charge in [-0.25, -0.2) is 9.78 Å². The van der Waals surface area contributed by atoms with Crippen LogP contribution in [0.2, 0.25) is 0 Å². The first-order valence-electron chi connectivity index (χ1n) is 7.12. The third-order valence-electron chi connectivity index (χ3n) is 3.08. The fraction of sp³-hybridized carbons (Fsp3) is 0.600. The summed E-state index contributed by atoms with van der Waals surface area (Å²) in [6.45, 7) is 8.17. The summed E-state index contributed by atoms with van der Waals surface area (Å²) in [7, 11) is 0. The molecule has 0 saturated heterocycles. The average molecular weight is 294 g/mol. The van der Waals surface area contributed by atoms with Crippen molar-refractivity contribution < 1.29 is 19.4 Å². The van der Waals surface area contributed by atoms with Crippen LogP contribution in [0.5, 0.6) is 11.6 Å². The van der Waals surface area contributed by atoms with Crippen LogP contribution >= 0.6 is 0 Å². The maximum absolute atomic E-state index is 12.3. The number of aromatic nitrogens is 1. The Balaban J connectivity index is 2.25. The monoisotopic (exact) mass is 294 g/mol. The van der Waals surface area contributed by atoms with Gasteiger partial charge < -0.3 is 14.6 Å². The second kappa shape index (κ2) is 5.79. The lowest BCUT2D eigenvalue weighted by atomic mass is 10.2. The molecule has 1 aliphatic heterocycles.